The zero-order valence-corrected chi connectivity index (χ0v) is 11.8. The maximum atomic E-state index is 11.9. The van der Waals surface area contributed by atoms with Crippen LogP contribution in [0.2, 0.25) is 0 Å². The standard InChI is InChI=1S/C11H15N3O5S/c1-5-8(20-11(12)13-5)9(16)14-6(10(17)18)3-4-7(15)19-2/h6H,3-4H2,1-2H3,(H2,12,13)(H,14,16)(H,17,18)/t6-/m1/s1. The molecule has 1 aromatic heterocycles. The Morgan fingerprint density at radius 3 is 2.60 bits per heavy atom. The quantitative estimate of drug-likeness (QED) is 0.638. The van der Waals surface area contributed by atoms with Crippen LogP contribution in [0.3, 0.4) is 0 Å². The molecule has 0 saturated carbocycles. The topological polar surface area (TPSA) is 132 Å². The summed E-state index contributed by atoms with van der Waals surface area (Å²) in [6, 6.07) is -1.18. The molecule has 1 aromatic rings. The number of anilines is 1. The molecule has 0 spiro atoms. The second-order valence-corrected chi connectivity index (χ2v) is 4.98. The molecule has 1 heterocycles. The molecule has 0 saturated heterocycles. The van der Waals surface area contributed by atoms with Crippen LogP contribution in [0.1, 0.15) is 28.2 Å². The van der Waals surface area contributed by atoms with Gasteiger partial charge in [-0.25, -0.2) is 9.78 Å². The monoisotopic (exact) mass is 301 g/mol. The van der Waals surface area contributed by atoms with Crippen molar-refractivity contribution in [2.24, 2.45) is 0 Å². The number of aromatic nitrogens is 1. The fourth-order valence-electron chi connectivity index (χ4n) is 1.47. The molecule has 0 aliphatic heterocycles. The van der Waals surface area contributed by atoms with Crippen LogP contribution in [-0.2, 0) is 14.3 Å². The molecule has 0 aliphatic carbocycles. The average molecular weight is 301 g/mol. The summed E-state index contributed by atoms with van der Waals surface area (Å²) in [6.45, 7) is 1.60. The molecular weight excluding hydrogens is 286 g/mol. The molecule has 0 radical (unpaired) electrons. The second kappa shape index (κ2) is 6.85. The van der Waals surface area contributed by atoms with Gasteiger partial charge in [-0.05, 0) is 13.3 Å². The van der Waals surface area contributed by atoms with E-state index in [1.807, 2.05) is 0 Å². The molecule has 9 heteroatoms. The molecule has 1 atom stereocenters. The van der Waals surface area contributed by atoms with E-state index >= 15 is 0 Å². The molecule has 0 aromatic carbocycles. The first-order valence-corrected chi connectivity index (χ1v) is 6.50. The lowest BCUT2D eigenvalue weighted by Gasteiger charge is -2.13. The number of nitrogen functional groups attached to an aromatic ring is 1. The Bertz CT molecular complexity index is 528. The number of hydrogen-bond acceptors (Lipinski definition) is 7. The van der Waals surface area contributed by atoms with Gasteiger partial charge in [-0.1, -0.05) is 11.3 Å². The summed E-state index contributed by atoms with van der Waals surface area (Å²) < 4.78 is 4.42. The van der Waals surface area contributed by atoms with Gasteiger partial charge >= 0.3 is 11.9 Å². The van der Waals surface area contributed by atoms with Crippen LogP contribution in [0.4, 0.5) is 5.13 Å². The van der Waals surface area contributed by atoms with Gasteiger partial charge in [0.25, 0.3) is 5.91 Å². The SMILES string of the molecule is COC(=O)CC[C@@H](NC(=O)c1sc(N)nc1C)C(=O)O. The van der Waals surface area contributed by atoms with Gasteiger partial charge in [-0.15, -0.1) is 0 Å². The number of esters is 1. The van der Waals surface area contributed by atoms with Crippen molar-refractivity contribution in [3.63, 3.8) is 0 Å². The van der Waals surface area contributed by atoms with Crippen molar-refractivity contribution >= 4 is 34.3 Å². The largest absolute Gasteiger partial charge is 0.480 e. The van der Waals surface area contributed by atoms with Gasteiger partial charge < -0.3 is 20.9 Å². The van der Waals surface area contributed by atoms with E-state index in [0.717, 1.165) is 11.3 Å². The number of carboxylic acids is 1. The lowest BCUT2D eigenvalue weighted by molar-refractivity contribution is -0.142. The molecule has 8 nitrogen and oxygen atoms in total. The highest BCUT2D eigenvalue weighted by atomic mass is 32.1. The van der Waals surface area contributed by atoms with E-state index in [-0.39, 0.29) is 22.9 Å². The Morgan fingerprint density at radius 1 is 1.50 bits per heavy atom. The summed E-state index contributed by atoms with van der Waals surface area (Å²) >= 11 is 0.975. The number of methoxy groups -OCH3 is 1. The van der Waals surface area contributed by atoms with Crippen molar-refractivity contribution in [1.29, 1.82) is 0 Å². The zero-order chi connectivity index (χ0) is 15.3. The molecule has 1 amide bonds. The second-order valence-electron chi connectivity index (χ2n) is 3.95. The number of nitrogens with two attached hydrogens (primary N) is 1. The number of nitrogens with zero attached hydrogens (tertiary/aromatic N) is 1. The number of nitrogens with one attached hydrogen (secondary N) is 1. The molecule has 0 unspecified atom stereocenters. The van der Waals surface area contributed by atoms with E-state index in [0.29, 0.717) is 5.69 Å². The molecule has 0 fully saturated rings. The predicted octanol–water partition coefficient (Wildman–Crippen LogP) is 0.170. The third-order valence-electron chi connectivity index (χ3n) is 2.49. The van der Waals surface area contributed by atoms with Crippen LogP contribution in [0.25, 0.3) is 0 Å². The van der Waals surface area contributed by atoms with Gasteiger partial charge in [0.1, 0.15) is 10.9 Å². The molecule has 1 rings (SSSR count). The van der Waals surface area contributed by atoms with E-state index in [4.69, 9.17) is 10.8 Å². The fourth-order valence-corrected chi connectivity index (χ4v) is 2.21. The molecule has 110 valence electrons. The van der Waals surface area contributed by atoms with Crippen LogP contribution in [0.15, 0.2) is 0 Å². The maximum Gasteiger partial charge on any atom is 0.326 e. The first-order valence-electron chi connectivity index (χ1n) is 5.68. The van der Waals surface area contributed by atoms with Crippen LogP contribution in [0, 0.1) is 6.92 Å². The van der Waals surface area contributed by atoms with Gasteiger partial charge in [0.05, 0.1) is 12.8 Å². The minimum atomic E-state index is -1.22. The van der Waals surface area contributed by atoms with Crippen molar-refractivity contribution in [2.75, 3.05) is 12.8 Å². The van der Waals surface area contributed by atoms with Gasteiger partial charge in [0.2, 0.25) is 0 Å². The fraction of sp³-hybridized carbons (Fsp3) is 0.455. The Morgan fingerprint density at radius 2 is 2.15 bits per heavy atom. The molecule has 0 aliphatic rings. The van der Waals surface area contributed by atoms with E-state index < -0.39 is 23.9 Å². The third-order valence-corrected chi connectivity index (χ3v) is 3.47. The summed E-state index contributed by atoms with van der Waals surface area (Å²) in [4.78, 5) is 38.1. The maximum absolute atomic E-state index is 11.9. The number of ether oxygens (including phenoxy) is 1. The van der Waals surface area contributed by atoms with Crippen molar-refractivity contribution in [1.82, 2.24) is 10.3 Å². The number of carbonyl (C=O) groups excluding carboxylic acids is 2. The minimum absolute atomic E-state index is 0.0545. The third kappa shape index (κ3) is 4.19. The minimum Gasteiger partial charge on any atom is -0.480 e. The summed E-state index contributed by atoms with van der Waals surface area (Å²) in [5.41, 5.74) is 5.91. The summed E-state index contributed by atoms with van der Waals surface area (Å²) in [5.74, 6) is -2.34. The van der Waals surface area contributed by atoms with Gasteiger partial charge in [0.15, 0.2) is 5.13 Å². The van der Waals surface area contributed by atoms with Crippen LogP contribution >= 0.6 is 11.3 Å². The molecular formula is C11H15N3O5S. The smallest absolute Gasteiger partial charge is 0.326 e. The average Bonchev–Trinajstić information content (AvgIpc) is 2.72. The molecule has 0 bridgehead atoms. The van der Waals surface area contributed by atoms with Crippen molar-refractivity contribution in [2.45, 2.75) is 25.8 Å². The van der Waals surface area contributed by atoms with Crippen molar-refractivity contribution < 1.29 is 24.2 Å². The summed E-state index contributed by atoms with van der Waals surface area (Å²) in [5, 5.41) is 11.6. The normalized spacial score (nSPS) is 11.7. The van der Waals surface area contributed by atoms with Gasteiger partial charge in [-0.3, -0.25) is 9.59 Å². The predicted molar refractivity (Wildman–Crippen MR) is 71.4 cm³/mol. The van der Waals surface area contributed by atoms with Gasteiger partial charge in [-0.2, -0.15) is 0 Å². The summed E-state index contributed by atoms with van der Waals surface area (Å²) in [7, 11) is 1.21. The number of hydrogen-bond donors (Lipinski definition) is 3. The van der Waals surface area contributed by atoms with Gasteiger partial charge in [0, 0.05) is 6.42 Å². The van der Waals surface area contributed by atoms with Crippen LogP contribution in [0.5, 0.6) is 0 Å². The van der Waals surface area contributed by atoms with Crippen LogP contribution < -0.4 is 11.1 Å². The van der Waals surface area contributed by atoms with Crippen molar-refractivity contribution in [3.05, 3.63) is 10.6 Å². The lowest BCUT2D eigenvalue weighted by atomic mass is 10.1. The number of thiazole rings is 1. The first kappa shape index (κ1) is 15.9. The zero-order valence-electron chi connectivity index (χ0n) is 11.0. The van der Waals surface area contributed by atoms with E-state index in [1.54, 1.807) is 6.92 Å². The number of aliphatic carboxylic acids is 1. The Labute approximate surface area is 118 Å². The van der Waals surface area contributed by atoms with E-state index in [9.17, 15) is 14.4 Å². The number of carboxylic acid groups (broad SMARTS) is 1. The van der Waals surface area contributed by atoms with Crippen molar-refractivity contribution in [3.8, 4) is 0 Å². The highest BCUT2D eigenvalue weighted by molar-refractivity contribution is 7.17. The number of carbonyl (C=O) groups is 3. The molecule has 4 N–H and O–H groups in total. The summed E-state index contributed by atoms with van der Waals surface area (Å²) in [6.07, 6.45) is -0.154. The van der Waals surface area contributed by atoms with E-state index in [2.05, 4.69) is 15.0 Å². The van der Waals surface area contributed by atoms with E-state index in [1.165, 1.54) is 7.11 Å². The number of rotatable bonds is 6. The van der Waals surface area contributed by atoms with Crippen LogP contribution in [-0.4, -0.2) is 41.1 Å². The highest BCUT2D eigenvalue weighted by Gasteiger charge is 2.24. The Balaban J connectivity index is 2.70. The lowest BCUT2D eigenvalue weighted by Crippen LogP contribution is -2.41. The Hall–Kier alpha value is -2.16. The highest BCUT2D eigenvalue weighted by Crippen LogP contribution is 2.19. The Kier molecular flexibility index (Phi) is 5.44. The number of aryl methyl sites for hydroxylation is 1. The first-order chi connectivity index (χ1) is 9.35. The molecule has 20 heavy (non-hydrogen) atoms. The number of amides is 1.